The third-order valence-corrected chi connectivity index (χ3v) is 3.71. The lowest BCUT2D eigenvalue weighted by atomic mass is 9.80. The van der Waals surface area contributed by atoms with Crippen molar-refractivity contribution in [3.05, 3.63) is 12.2 Å². The molecule has 7 heteroatoms. The molecule has 7 nitrogen and oxygen atoms in total. The summed E-state index contributed by atoms with van der Waals surface area (Å²) < 4.78 is 20.5. The molecule has 0 aromatic carbocycles. The van der Waals surface area contributed by atoms with Crippen LogP contribution < -0.4 is 0 Å². The lowest BCUT2D eigenvalue weighted by Gasteiger charge is -2.33. The second-order valence-corrected chi connectivity index (χ2v) is 5.54. The van der Waals surface area contributed by atoms with Gasteiger partial charge in [-0.3, -0.25) is 9.59 Å². The van der Waals surface area contributed by atoms with Gasteiger partial charge in [-0.1, -0.05) is 12.2 Å². The number of carbonyl (C=O) groups excluding carboxylic acids is 2. The fourth-order valence-corrected chi connectivity index (χ4v) is 2.77. The third-order valence-electron chi connectivity index (χ3n) is 3.71. The molecule has 0 amide bonds. The Labute approximate surface area is 122 Å². The Morgan fingerprint density at radius 1 is 1.14 bits per heavy atom. The Morgan fingerprint density at radius 2 is 1.71 bits per heavy atom. The zero-order valence-electron chi connectivity index (χ0n) is 12.4. The maximum atomic E-state index is 11.8. The fraction of sp³-hybridized carbons (Fsp3) is 0.714. The fourth-order valence-electron chi connectivity index (χ4n) is 2.77. The molecule has 1 fully saturated rings. The van der Waals surface area contributed by atoms with Crippen molar-refractivity contribution >= 4 is 11.9 Å². The number of carbonyl (C=O) groups is 2. The largest absolute Gasteiger partial charge is 0.468 e. The minimum Gasteiger partial charge on any atom is -0.468 e. The van der Waals surface area contributed by atoms with Crippen LogP contribution in [0.4, 0.5) is 0 Å². The van der Waals surface area contributed by atoms with E-state index in [9.17, 15) is 14.7 Å². The van der Waals surface area contributed by atoms with Gasteiger partial charge in [-0.2, -0.15) is 0 Å². The molecular weight excluding hydrogens is 280 g/mol. The van der Waals surface area contributed by atoms with E-state index in [4.69, 9.17) is 9.47 Å². The highest BCUT2D eigenvalue weighted by Crippen LogP contribution is 2.38. The average Bonchev–Trinajstić information content (AvgIpc) is 2.76. The Balaban J connectivity index is 2.26. The van der Waals surface area contributed by atoms with E-state index in [1.807, 2.05) is 0 Å². The van der Waals surface area contributed by atoms with Gasteiger partial charge in [0.2, 0.25) is 0 Å². The number of methoxy groups -OCH3 is 2. The standard InChI is InChI=1S/C14H20O7/c1-14(2)20-8-6-5-7(10(15)11(8)21-14)9(12(16)18-3)13(17)19-4/h5-11,15H,1-4H3/t7-,8+,10+,11+/m1/s1. The molecule has 0 aromatic heterocycles. The molecule has 1 aliphatic heterocycles. The Hall–Kier alpha value is -1.44. The van der Waals surface area contributed by atoms with Crippen molar-refractivity contribution in [2.75, 3.05) is 14.2 Å². The summed E-state index contributed by atoms with van der Waals surface area (Å²) in [4.78, 5) is 23.7. The number of aliphatic hydroxyl groups is 1. The van der Waals surface area contributed by atoms with E-state index in [0.717, 1.165) is 0 Å². The van der Waals surface area contributed by atoms with Crippen LogP contribution in [0.2, 0.25) is 0 Å². The first-order valence-corrected chi connectivity index (χ1v) is 6.68. The van der Waals surface area contributed by atoms with Crippen LogP contribution in [0.15, 0.2) is 12.2 Å². The molecular formula is C14H20O7. The molecule has 1 aliphatic carbocycles. The number of hydrogen-bond donors (Lipinski definition) is 1. The summed E-state index contributed by atoms with van der Waals surface area (Å²) in [5, 5.41) is 10.5. The molecule has 21 heavy (non-hydrogen) atoms. The highest BCUT2D eigenvalue weighted by atomic mass is 16.8. The predicted molar refractivity (Wildman–Crippen MR) is 70.0 cm³/mol. The zero-order valence-corrected chi connectivity index (χ0v) is 12.4. The van der Waals surface area contributed by atoms with Crippen LogP contribution in [0.3, 0.4) is 0 Å². The van der Waals surface area contributed by atoms with Crippen molar-refractivity contribution in [1.82, 2.24) is 0 Å². The first-order valence-electron chi connectivity index (χ1n) is 6.68. The van der Waals surface area contributed by atoms with Crippen LogP contribution >= 0.6 is 0 Å². The number of ether oxygens (including phenoxy) is 4. The van der Waals surface area contributed by atoms with E-state index < -0.39 is 47.9 Å². The maximum Gasteiger partial charge on any atom is 0.320 e. The molecule has 0 spiro atoms. The first-order chi connectivity index (χ1) is 9.80. The molecule has 118 valence electrons. The summed E-state index contributed by atoms with van der Waals surface area (Å²) in [6.07, 6.45) is 1.13. The van der Waals surface area contributed by atoms with Gasteiger partial charge in [-0.25, -0.2) is 0 Å². The summed E-state index contributed by atoms with van der Waals surface area (Å²) in [6, 6.07) is 0. The number of rotatable bonds is 3. The van der Waals surface area contributed by atoms with Crippen molar-refractivity contribution < 1.29 is 33.6 Å². The Bertz CT molecular complexity index is 440. The minimum atomic E-state index is -1.24. The predicted octanol–water partition coefficient (Wildman–Crippen LogP) is 0.0156. The Morgan fingerprint density at radius 3 is 2.24 bits per heavy atom. The number of esters is 2. The van der Waals surface area contributed by atoms with Crippen LogP contribution in [0.1, 0.15) is 13.8 Å². The Kier molecular flexibility index (Phi) is 4.36. The highest BCUT2D eigenvalue weighted by Gasteiger charge is 2.51. The summed E-state index contributed by atoms with van der Waals surface area (Å²) in [5.74, 6) is -4.37. The van der Waals surface area contributed by atoms with E-state index in [2.05, 4.69) is 9.47 Å². The van der Waals surface area contributed by atoms with Gasteiger partial charge in [0.05, 0.1) is 20.3 Å². The van der Waals surface area contributed by atoms with Crippen LogP contribution in [-0.4, -0.2) is 55.4 Å². The van der Waals surface area contributed by atoms with E-state index in [0.29, 0.717) is 0 Å². The average molecular weight is 300 g/mol. The highest BCUT2D eigenvalue weighted by molar-refractivity contribution is 5.95. The van der Waals surface area contributed by atoms with Gasteiger partial charge >= 0.3 is 11.9 Å². The topological polar surface area (TPSA) is 91.3 Å². The van der Waals surface area contributed by atoms with Gasteiger partial charge < -0.3 is 24.1 Å². The number of aliphatic hydroxyl groups excluding tert-OH is 1. The van der Waals surface area contributed by atoms with E-state index in [1.54, 1.807) is 26.0 Å². The van der Waals surface area contributed by atoms with Crippen molar-refractivity contribution in [3.8, 4) is 0 Å². The number of fused-ring (bicyclic) bond motifs is 1. The van der Waals surface area contributed by atoms with Gasteiger partial charge in [0, 0.05) is 5.92 Å². The van der Waals surface area contributed by atoms with Crippen molar-refractivity contribution in [2.24, 2.45) is 11.8 Å². The molecule has 0 unspecified atom stereocenters. The van der Waals surface area contributed by atoms with Crippen molar-refractivity contribution in [1.29, 1.82) is 0 Å². The first kappa shape index (κ1) is 15.9. The van der Waals surface area contributed by atoms with Gasteiger partial charge in [-0.15, -0.1) is 0 Å². The van der Waals surface area contributed by atoms with Gasteiger partial charge in [0.25, 0.3) is 0 Å². The van der Waals surface area contributed by atoms with Gasteiger partial charge in [0.15, 0.2) is 11.7 Å². The normalized spacial score (nSPS) is 33.6. The third kappa shape index (κ3) is 2.95. The zero-order chi connectivity index (χ0) is 15.8. The molecule has 2 aliphatic rings. The molecule has 0 bridgehead atoms. The molecule has 1 N–H and O–H groups in total. The summed E-state index contributed by atoms with van der Waals surface area (Å²) >= 11 is 0. The summed E-state index contributed by atoms with van der Waals surface area (Å²) in [7, 11) is 2.36. The molecule has 0 saturated carbocycles. The van der Waals surface area contributed by atoms with Crippen LogP contribution in [-0.2, 0) is 28.5 Å². The SMILES string of the molecule is COC(=O)C(C(=O)OC)[C@H]1C=C[C@@H]2OC(C)(C)O[C@@H]2[C@H]1O. The second kappa shape index (κ2) is 5.75. The molecule has 0 aromatic rings. The van der Waals surface area contributed by atoms with Crippen molar-refractivity contribution in [3.63, 3.8) is 0 Å². The second-order valence-electron chi connectivity index (χ2n) is 5.54. The molecule has 1 heterocycles. The number of hydrogen-bond acceptors (Lipinski definition) is 7. The van der Waals surface area contributed by atoms with E-state index in [-0.39, 0.29) is 0 Å². The smallest absolute Gasteiger partial charge is 0.320 e. The summed E-state index contributed by atoms with van der Waals surface area (Å²) in [6.45, 7) is 3.47. The molecule has 2 rings (SSSR count). The lowest BCUT2D eigenvalue weighted by molar-refractivity contribution is -0.169. The quantitative estimate of drug-likeness (QED) is 0.446. The lowest BCUT2D eigenvalue weighted by Crippen LogP contribution is -2.48. The van der Waals surface area contributed by atoms with Gasteiger partial charge in [0.1, 0.15) is 12.2 Å². The van der Waals surface area contributed by atoms with Crippen LogP contribution in [0.5, 0.6) is 0 Å². The minimum absolute atomic E-state index is 0.415. The monoisotopic (exact) mass is 300 g/mol. The van der Waals surface area contributed by atoms with E-state index in [1.165, 1.54) is 14.2 Å². The van der Waals surface area contributed by atoms with Crippen LogP contribution in [0.25, 0.3) is 0 Å². The molecule has 1 saturated heterocycles. The van der Waals surface area contributed by atoms with Gasteiger partial charge in [-0.05, 0) is 13.8 Å². The summed E-state index contributed by atoms with van der Waals surface area (Å²) in [5.41, 5.74) is 0. The maximum absolute atomic E-state index is 11.8. The van der Waals surface area contributed by atoms with Crippen molar-refractivity contribution in [2.45, 2.75) is 37.9 Å². The molecule has 0 radical (unpaired) electrons. The van der Waals surface area contributed by atoms with Crippen LogP contribution in [0, 0.1) is 11.8 Å². The van der Waals surface area contributed by atoms with E-state index >= 15 is 0 Å². The molecule has 4 atom stereocenters.